The first-order valence-corrected chi connectivity index (χ1v) is 4.94. The molecule has 0 unspecified atom stereocenters. The monoisotopic (exact) mass is 333 g/mol. The molecule has 1 N–H and O–H groups in total. The van der Waals surface area contributed by atoms with E-state index in [1.165, 1.54) is 6.07 Å². The molecule has 0 aromatic carbocycles. The van der Waals surface area contributed by atoms with Gasteiger partial charge in [-0.15, -0.1) is 13.2 Å². The second kappa shape index (κ2) is 4.52. The number of alkyl halides is 3. The van der Waals surface area contributed by atoms with Crippen LogP contribution in [-0.4, -0.2) is 16.5 Å². The predicted molar refractivity (Wildman–Crippen MR) is 54.3 cm³/mol. The number of pyridine rings is 1. The zero-order valence-electron chi connectivity index (χ0n) is 7.60. The van der Waals surface area contributed by atoms with Crippen molar-refractivity contribution in [1.82, 2.24) is 4.98 Å². The van der Waals surface area contributed by atoms with E-state index in [1.807, 2.05) is 22.6 Å². The minimum absolute atomic E-state index is 0.0160. The van der Waals surface area contributed by atoms with Crippen molar-refractivity contribution >= 4 is 22.6 Å². The highest BCUT2D eigenvalue weighted by Gasteiger charge is 2.33. The third-order valence-corrected chi connectivity index (χ3v) is 2.67. The Morgan fingerprint density at radius 2 is 2.13 bits per heavy atom. The normalized spacial score (nSPS) is 11.6. The molecule has 1 heterocycles. The van der Waals surface area contributed by atoms with Gasteiger partial charge >= 0.3 is 6.36 Å². The molecular formula is C8H7F3INO2. The molecule has 3 nitrogen and oxygen atoms in total. The summed E-state index contributed by atoms with van der Waals surface area (Å²) in [5.41, 5.74) is 0.439. The molecule has 15 heavy (non-hydrogen) atoms. The molecule has 0 spiro atoms. The minimum Gasteiger partial charge on any atom is -0.391 e. The first kappa shape index (κ1) is 12.5. The maximum absolute atomic E-state index is 11.9. The number of aliphatic hydroxyl groups excluding tert-OH is 1. The summed E-state index contributed by atoms with van der Waals surface area (Å²) < 4.78 is 40.2. The first-order valence-electron chi connectivity index (χ1n) is 3.86. The average Bonchev–Trinajstić information content (AvgIpc) is 2.08. The molecule has 0 saturated heterocycles. The van der Waals surface area contributed by atoms with E-state index in [2.05, 4.69) is 9.72 Å². The van der Waals surface area contributed by atoms with Crippen molar-refractivity contribution in [3.63, 3.8) is 0 Å². The fourth-order valence-corrected chi connectivity index (χ4v) is 1.40. The van der Waals surface area contributed by atoms with Gasteiger partial charge in [-0.1, -0.05) is 0 Å². The van der Waals surface area contributed by atoms with Gasteiger partial charge in [-0.3, -0.25) is 0 Å². The van der Waals surface area contributed by atoms with Crippen LogP contribution in [0.4, 0.5) is 13.2 Å². The molecule has 0 bridgehead atoms. The molecule has 0 aliphatic carbocycles. The summed E-state index contributed by atoms with van der Waals surface area (Å²) in [5, 5.41) is 8.84. The van der Waals surface area contributed by atoms with Crippen LogP contribution in [-0.2, 0) is 6.61 Å². The number of nitrogens with zero attached hydrogens (tertiary/aromatic N) is 1. The summed E-state index contributed by atoms with van der Waals surface area (Å²) in [7, 11) is 0. The first-order chi connectivity index (χ1) is 6.83. The van der Waals surface area contributed by atoms with E-state index >= 15 is 0 Å². The van der Waals surface area contributed by atoms with Crippen LogP contribution in [0.1, 0.15) is 11.3 Å². The summed E-state index contributed by atoms with van der Waals surface area (Å²) in [5.74, 6) is -0.595. The highest BCUT2D eigenvalue weighted by molar-refractivity contribution is 14.1. The van der Waals surface area contributed by atoms with E-state index in [1.54, 1.807) is 6.92 Å². The Morgan fingerprint density at radius 3 is 2.60 bits per heavy atom. The Balaban J connectivity index is 3.11. The van der Waals surface area contributed by atoms with Gasteiger partial charge in [0.1, 0.15) is 0 Å². The van der Waals surface area contributed by atoms with Crippen LogP contribution in [0.5, 0.6) is 5.88 Å². The standard InChI is InChI=1S/C8H7F3INO2/c1-4-6(12)2-5(3-14)7(13-4)15-8(9,10)11/h2,14H,3H2,1H3. The van der Waals surface area contributed by atoms with Crippen molar-refractivity contribution in [2.45, 2.75) is 19.9 Å². The molecule has 0 radical (unpaired) electrons. The summed E-state index contributed by atoms with van der Waals surface area (Å²) in [6, 6.07) is 1.41. The van der Waals surface area contributed by atoms with Gasteiger partial charge in [0.15, 0.2) is 0 Å². The van der Waals surface area contributed by atoms with E-state index in [0.717, 1.165) is 0 Å². The van der Waals surface area contributed by atoms with Crippen LogP contribution < -0.4 is 4.74 Å². The van der Waals surface area contributed by atoms with Gasteiger partial charge < -0.3 is 9.84 Å². The largest absolute Gasteiger partial charge is 0.574 e. The van der Waals surface area contributed by atoms with Gasteiger partial charge in [0.25, 0.3) is 0 Å². The zero-order valence-corrected chi connectivity index (χ0v) is 9.76. The maximum atomic E-state index is 11.9. The van der Waals surface area contributed by atoms with E-state index < -0.39 is 18.8 Å². The highest BCUT2D eigenvalue weighted by Crippen LogP contribution is 2.26. The zero-order chi connectivity index (χ0) is 11.6. The third kappa shape index (κ3) is 3.49. The number of rotatable bonds is 2. The molecule has 0 aliphatic heterocycles. The quantitative estimate of drug-likeness (QED) is 0.845. The van der Waals surface area contributed by atoms with Crippen LogP contribution in [0.25, 0.3) is 0 Å². The lowest BCUT2D eigenvalue weighted by Gasteiger charge is -2.12. The Hall–Kier alpha value is -0.570. The third-order valence-electron chi connectivity index (χ3n) is 1.57. The molecule has 7 heteroatoms. The Kier molecular flexibility index (Phi) is 3.77. The van der Waals surface area contributed by atoms with Crippen LogP contribution >= 0.6 is 22.6 Å². The fraction of sp³-hybridized carbons (Fsp3) is 0.375. The van der Waals surface area contributed by atoms with E-state index in [4.69, 9.17) is 5.11 Å². The van der Waals surface area contributed by atoms with Crippen molar-refractivity contribution in [3.05, 3.63) is 20.9 Å². The van der Waals surface area contributed by atoms with Crippen LogP contribution in [0.3, 0.4) is 0 Å². The molecule has 84 valence electrons. The number of aromatic nitrogens is 1. The summed E-state index contributed by atoms with van der Waals surface area (Å²) >= 11 is 1.92. The predicted octanol–water partition coefficient (Wildman–Crippen LogP) is 2.39. The number of halogens is 4. The number of hydrogen-bond acceptors (Lipinski definition) is 3. The summed E-state index contributed by atoms with van der Waals surface area (Å²) in [6.45, 7) is 1.01. The molecule has 0 saturated carbocycles. The maximum Gasteiger partial charge on any atom is 0.574 e. The van der Waals surface area contributed by atoms with Crippen molar-refractivity contribution in [2.75, 3.05) is 0 Å². The number of ether oxygens (including phenoxy) is 1. The SMILES string of the molecule is Cc1nc(OC(F)(F)F)c(CO)cc1I. The average molecular weight is 333 g/mol. The minimum atomic E-state index is -4.80. The van der Waals surface area contributed by atoms with Crippen LogP contribution in [0, 0.1) is 10.5 Å². The molecule has 0 atom stereocenters. The second-order valence-electron chi connectivity index (χ2n) is 2.73. The molecule has 1 aromatic rings. The highest BCUT2D eigenvalue weighted by atomic mass is 127. The lowest BCUT2D eigenvalue weighted by atomic mass is 10.2. The number of hydrogen-bond donors (Lipinski definition) is 1. The Morgan fingerprint density at radius 1 is 1.53 bits per heavy atom. The van der Waals surface area contributed by atoms with Gasteiger partial charge in [0.2, 0.25) is 5.88 Å². The van der Waals surface area contributed by atoms with Crippen molar-refractivity contribution in [2.24, 2.45) is 0 Å². The topological polar surface area (TPSA) is 42.4 Å². The van der Waals surface area contributed by atoms with Crippen molar-refractivity contribution in [1.29, 1.82) is 0 Å². The van der Waals surface area contributed by atoms with Gasteiger partial charge in [-0.2, -0.15) is 0 Å². The number of aliphatic hydroxyl groups is 1. The Labute approximate surface area is 97.4 Å². The van der Waals surface area contributed by atoms with Gasteiger partial charge in [-0.25, -0.2) is 4.98 Å². The Bertz CT molecular complexity index is 368. The number of aryl methyl sites for hydroxylation is 1. The molecule has 1 aromatic heterocycles. The molecule has 0 fully saturated rings. The van der Waals surface area contributed by atoms with Crippen molar-refractivity contribution in [3.8, 4) is 5.88 Å². The lowest BCUT2D eigenvalue weighted by Crippen LogP contribution is -2.19. The van der Waals surface area contributed by atoms with Gasteiger partial charge in [-0.05, 0) is 35.6 Å². The van der Waals surface area contributed by atoms with Crippen LogP contribution in [0.15, 0.2) is 6.07 Å². The lowest BCUT2D eigenvalue weighted by molar-refractivity contribution is -0.276. The van der Waals surface area contributed by atoms with E-state index in [-0.39, 0.29) is 5.56 Å². The fourth-order valence-electron chi connectivity index (χ4n) is 0.908. The van der Waals surface area contributed by atoms with Crippen molar-refractivity contribution < 1.29 is 23.0 Å². The van der Waals surface area contributed by atoms with Crippen LogP contribution in [0.2, 0.25) is 0 Å². The molecule has 1 rings (SSSR count). The van der Waals surface area contributed by atoms with Gasteiger partial charge in [0.05, 0.1) is 12.3 Å². The van der Waals surface area contributed by atoms with E-state index in [0.29, 0.717) is 9.26 Å². The summed E-state index contributed by atoms with van der Waals surface area (Å²) in [4.78, 5) is 3.62. The molecule has 0 amide bonds. The smallest absolute Gasteiger partial charge is 0.391 e. The second-order valence-corrected chi connectivity index (χ2v) is 3.89. The van der Waals surface area contributed by atoms with E-state index in [9.17, 15) is 13.2 Å². The summed E-state index contributed by atoms with van der Waals surface area (Å²) in [6.07, 6.45) is -4.80. The molecule has 0 aliphatic rings. The molecular weight excluding hydrogens is 326 g/mol. The van der Waals surface area contributed by atoms with Gasteiger partial charge in [0, 0.05) is 9.13 Å².